The molecule has 19 heavy (non-hydrogen) atoms. The van der Waals surface area contributed by atoms with E-state index in [-0.39, 0.29) is 11.8 Å². The summed E-state index contributed by atoms with van der Waals surface area (Å²) in [5.74, 6) is 0.394. The van der Waals surface area contributed by atoms with Crippen LogP contribution in [0, 0.1) is 5.92 Å². The van der Waals surface area contributed by atoms with Crippen molar-refractivity contribution >= 4 is 17.3 Å². The van der Waals surface area contributed by atoms with Crippen LogP contribution in [-0.4, -0.2) is 25.2 Å². The number of carbonyl (C=O) groups is 1. The average Bonchev–Trinajstić information content (AvgIpc) is 3.17. The van der Waals surface area contributed by atoms with Crippen LogP contribution in [-0.2, 0) is 9.53 Å². The lowest BCUT2D eigenvalue weighted by Crippen LogP contribution is -2.40. The molecule has 0 radical (unpaired) electrons. The number of amides is 1. The molecule has 2 aliphatic rings. The van der Waals surface area contributed by atoms with Crippen molar-refractivity contribution in [2.24, 2.45) is 5.92 Å². The first kappa shape index (κ1) is 12.5. The Balaban J connectivity index is 1.55. The summed E-state index contributed by atoms with van der Waals surface area (Å²) in [6.07, 6.45) is 4.56. The zero-order valence-electron chi connectivity index (χ0n) is 11.2. The molecule has 1 aromatic carbocycles. The number of carbonyl (C=O) groups excluding carboxylic acids is 1. The van der Waals surface area contributed by atoms with Crippen LogP contribution >= 0.6 is 0 Å². The second-order valence-corrected chi connectivity index (χ2v) is 5.51. The SMILES string of the molecule is COC1CC(Nc2cccc(NC(=O)C3CC3)c2)C1. The highest BCUT2D eigenvalue weighted by atomic mass is 16.5. The predicted octanol–water partition coefficient (Wildman–Crippen LogP) is 2.62. The van der Waals surface area contributed by atoms with Gasteiger partial charge in [-0.2, -0.15) is 0 Å². The van der Waals surface area contributed by atoms with Crippen LogP contribution in [0.15, 0.2) is 24.3 Å². The molecule has 0 aliphatic heterocycles. The molecule has 1 amide bonds. The Morgan fingerprint density at radius 2 is 2.00 bits per heavy atom. The van der Waals surface area contributed by atoms with E-state index < -0.39 is 0 Å². The van der Waals surface area contributed by atoms with E-state index >= 15 is 0 Å². The topological polar surface area (TPSA) is 50.4 Å². The molecule has 0 heterocycles. The maximum atomic E-state index is 11.7. The lowest BCUT2D eigenvalue weighted by Gasteiger charge is -2.35. The molecular formula is C15H20N2O2. The predicted molar refractivity (Wildman–Crippen MR) is 75.2 cm³/mol. The van der Waals surface area contributed by atoms with E-state index in [1.165, 1.54) is 0 Å². The van der Waals surface area contributed by atoms with E-state index in [2.05, 4.69) is 10.6 Å². The number of methoxy groups -OCH3 is 1. The van der Waals surface area contributed by atoms with Crippen LogP contribution in [0.5, 0.6) is 0 Å². The monoisotopic (exact) mass is 260 g/mol. The van der Waals surface area contributed by atoms with Crippen molar-refractivity contribution in [3.05, 3.63) is 24.3 Å². The Kier molecular flexibility index (Phi) is 3.42. The van der Waals surface area contributed by atoms with Crippen molar-refractivity contribution in [1.29, 1.82) is 0 Å². The highest BCUT2D eigenvalue weighted by Crippen LogP contribution is 2.31. The lowest BCUT2D eigenvalue weighted by atomic mass is 9.89. The summed E-state index contributed by atoms with van der Waals surface area (Å²) in [7, 11) is 1.76. The van der Waals surface area contributed by atoms with Gasteiger partial charge in [0.15, 0.2) is 0 Å². The minimum Gasteiger partial charge on any atom is -0.382 e. The molecule has 2 saturated carbocycles. The number of nitrogens with one attached hydrogen (secondary N) is 2. The zero-order chi connectivity index (χ0) is 13.2. The number of rotatable bonds is 5. The summed E-state index contributed by atoms with van der Waals surface area (Å²) in [6, 6.07) is 8.42. The summed E-state index contributed by atoms with van der Waals surface area (Å²) in [6.45, 7) is 0. The Hall–Kier alpha value is -1.55. The standard InChI is InChI=1S/C15H20N2O2/c1-19-14-8-13(9-14)16-11-3-2-4-12(7-11)17-15(18)10-5-6-10/h2-4,7,10,13-14,16H,5-6,8-9H2,1H3,(H,17,18). The van der Waals surface area contributed by atoms with Crippen LogP contribution < -0.4 is 10.6 Å². The third-order valence-electron chi connectivity index (χ3n) is 3.88. The number of anilines is 2. The summed E-state index contributed by atoms with van der Waals surface area (Å²) in [5.41, 5.74) is 1.94. The summed E-state index contributed by atoms with van der Waals surface area (Å²) in [5, 5.41) is 6.44. The van der Waals surface area contributed by atoms with Gasteiger partial charge in [-0.3, -0.25) is 4.79 Å². The normalized spacial score (nSPS) is 25.5. The molecule has 3 rings (SSSR count). The molecule has 0 atom stereocenters. The molecule has 2 N–H and O–H groups in total. The van der Waals surface area contributed by atoms with E-state index in [0.717, 1.165) is 37.1 Å². The highest BCUT2D eigenvalue weighted by Gasteiger charge is 2.30. The fourth-order valence-corrected chi connectivity index (χ4v) is 2.39. The highest BCUT2D eigenvalue weighted by molar-refractivity contribution is 5.94. The fraction of sp³-hybridized carbons (Fsp3) is 0.533. The van der Waals surface area contributed by atoms with Crippen molar-refractivity contribution in [3.8, 4) is 0 Å². The van der Waals surface area contributed by atoms with Gasteiger partial charge in [0.05, 0.1) is 6.10 Å². The first-order valence-corrected chi connectivity index (χ1v) is 6.95. The molecule has 0 unspecified atom stereocenters. The van der Waals surface area contributed by atoms with Gasteiger partial charge in [-0.25, -0.2) is 0 Å². The minimum absolute atomic E-state index is 0.153. The van der Waals surface area contributed by atoms with Gasteiger partial charge in [-0.05, 0) is 43.9 Å². The van der Waals surface area contributed by atoms with Crippen LogP contribution in [0.1, 0.15) is 25.7 Å². The second-order valence-electron chi connectivity index (χ2n) is 5.51. The number of benzene rings is 1. The molecule has 0 aromatic heterocycles. The quantitative estimate of drug-likeness (QED) is 0.855. The molecule has 4 heteroatoms. The molecular weight excluding hydrogens is 240 g/mol. The van der Waals surface area contributed by atoms with Crippen LogP contribution in [0.25, 0.3) is 0 Å². The van der Waals surface area contributed by atoms with Crippen molar-refractivity contribution in [2.75, 3.05) is 17.7 Å². The third-order valence-corrected chi connectivity index (χ3v) is 3.88. The van der Waals surface area contributed by atoms with E-state index in [0.29, 0.717) is 12.1 Å². The molecule has 0 spiro atoms. The fourth-order valence-electron chi connectivity index (χ4n) is 2.39. The van der Waals surface area contributed by atoms with Gasteiger partial charge >= 0.3 is 0 Å². The van der Waals surface area contributed by atoms with Gasteiger partial charge in [-0.1, -0.05) is 6.07 Å². The average molecular weight is 260 g/mol. The Bertz CT molecular complexity index is 465. The molecule has 2 aliphatic carbocycles. The van der Waals surface area contributed by atoms with Gasteiger partial charge in [0.2, 0.25) is 5.91 Å². The van der Waals surface area contributed by atoms with E-state index in [9.17, 15) is 4.79 Å². The van der Waals surface area contributed by atoms with Crippen molar-refractivity contribution in [1.82, 2.24) is 0 Å². The lowest BCUT2D eigenvalue weighted by molar-refractivity contribution is -0.117. The van der Waals surface area contributed by atoms with Crippen molar-refractivity contribution in [2.45, 2.75) is 37.8 Å². The first-order chi connectivity index (χ1) is 9.24. The number of ether oxygens (including phenoxy) is 1. The van der Waals surface area contributed by atoms with Gasteiger partial charge in [0.25, 0.3) is 0 Å². The number of hydrogen-bond acceptors (Lipinski definition) is 3. The first-order valence-electron chi connectivity index (χ1n) is 6.95. The second kappa shape index (κ2) is 5.21. The van der Waals surface area contributed by atoms with Gasteiger partial charge in [0, 0.05) is 30.4 Å². The third kappa shape index (κ3) is 3.07. The van der Waals surface area contributed by atoms with Crippen LogP contribution in [0.3, 0.4) is 0 Å². The Morgan fingerprint density at radius 3 is 2.68 bits per heavy atom. The van der Waals surface area contributed by atoms with Gasteiger partial charge in [0.1, 0.15) is 0 Å². The molecule has 2 fully saturated rings. The van der Waals surface area contributed by atoms with Crippen molar-refractivity contribution in [3.63, 3.8) is 0 Å². The smallest absolute Gasteiger partial charge is 0.227 e. The zero-order valence-corrected chi connectivity index (χ0v) is 11.2. The molecule has 1 aromatic rings. The largest absolute Gasteiger partial charge is 0.382 e. The summed E-state index contributed by atoms with van der Waals surface area (Å²) < 4.78 is 5.27. The van der Waals surface area contributed by atoms with E-state index in [1.54, 1.807) is 7.11 Å². The van der Waals surface area contributed by atoms with Gasteiger partial charge < -0.3 is 15.4 Å². The summed E-state index contributed by atoms with van der Waals surface area (Å²) in [4.78, 5) is 11.7. The maximum absolute atomic E-state index is 11.7. The number of hydrogen-bond donors (Lipinski definition) is 2. The Morgan fingerprint density at radius 1 is 1.26 bits per heavy atom. The van der Waals surface area contributed by atoms with Crippen molar-refractivity contribution < 1.29 is 9.53 Å². The minimum atomic E-state index is 0.153. The van der Waals surface area contributed by atoms with E-state index in [1.807, 2.05) is 24.3 Å². The molecule has 4 nitrogen and oxygen atoms in total. The maximum Gasteiger partial charge on any atom is 0.227 e. The molecule has 0 bridgehead atoms. The molecule has 0 saturated heterocycles. The van der Waals surface area contributed by atoms with Crippen LogP contribution in [0.4, 0.5) is 11.4 Å². The van der Waals surface area contributed by atoms with E-state index in [4.69, 9.17) is 4.74 Å². The van der Waals surface area contributed by atoms with Crippen LogP contribution in [0.2, 0.25) is 0 Å². The summed E-state index contributed by atoms with van der Waals surface area (Å²) >= 11 is 0. The van der Waals surface area contributed by atoms with Gasteiger partial charge in [-0.15, -0.1) is 0 Å². The Labute approximate surface area is 113 Å². The molecule has 102 valence electrons.